The summed E-state index contributed by atoms with van der Waals surface area (Å²) in [4.78, 5) is 23.5. The van der Waals surface area contributed by atoms with Gasteiger partial charge in [-0.1, -0.05) is 6.07 Å². The van der Waals surface area contributed by atoms with Gasteiger partial charge in [-0.2, -0.15) is 23.5 Å². The van der Waals surface area contributed by atoms with Crippen LogP contribution in [0.3, 0.4) is 0 Å². The topological polar surface area (TPSA) is 108 Å². The quantitative estimate of drug-likeness (QED) is 0.463. The zero-order chi connectivity index (χ0) is 27.7. The zero-order valence-electron chi connectivity index (χ0n) is 21.5. The molecule has 1 N–H and O–H groups in total. The minimum Gasteiger partial charge on any atom is -0.389 e. The number of rotatable bonds is 7. The van der Waals surface area contributed by atoms with Gasteiger partial charge < -0.3 is 10.0 Å². The number of aromatic nitrogens is 4. The fraction of sp³-hybridized carbons (Fsp3) is 0.444. The Morgan fingerprint density at radius 2 is 1.82 bits per heavy atom. The van der Waals surface area contributed by atoms with E-state index >= 15 is 0 Å². The van der Waals surface area contributed by atoms with Crippen LogP contribution in [0.1, 0.15) is 59.6 Å². The number of likely N-dealkylation sites (tertiary alicyclic amines) is 1. The summed E-state index contributed by atoms with van der Waals surface area (Å²) in [7, 11) is 0. The number of β-amino-alcohol motifs (C(OH)–C–C–N with tert-alkyl or cyclic N) is 1. The first-order valence-corrected chi connectivity index (χ1v) is 12.2. The molecule has 1 fully saturated rings. The number of nitrogens with zero attached hydrogens (tertiary/aromatic N) is 6. The average molecular weight is 527 g/mol. The SMILES string of the molecule is Cc1c(C(=O)Cc2ccc(C3(C#N)CCN(CC(C)(C)O)CC3)nc2)cnn1-c1ccc(C(F)(F)F)cn1. The lowest BCUT2D eigenvalue weighted by atomic mass is 9.76. The van der Waals surface area contributed by atoms with E-state index in [4.69, 9.17) is 0 Å². The third kappa shape index (κ3) is 5.92. The van der Waals surface area contributed by atoms with Gasteiger partial charge in [0, 0.05) is 38.4 Å². The number of piperidine rings is 1. The summed E-state index contributed by atoms with van der Waals surface area (Å²) in [5, 5.41) is 24.2. The molecule has 0 unspecified atom stereocenters. The second kappa shape index (κ2) is 10.3. The Hall–Kier alpha value is -3.62. The summed E-state index contributed by atoms with van der Waals surface area (Å²) in [5.41, 5.74) is -0.247. The number of nitriles is 1. The molecule has 4 heterocycles. The molecule has 0 atom stereocenters. The smallest absolute Gasteiger partial charge is 0.389 e. The monoisotopic (exact) mass is 526 g/mol. The summed E-state index contributed by atoms with van der Waals surface area (Å²) < 4.78 is 39.8. The van der Waals surface area contributed by atoms with Crippen molar-refractivity contribution in [1.29, 1.82) is 5.26 Å². The van der Waals surface area contributed by atoms with Crippen molar-refractivity contribution in [1.82, 2.24) is 24.6 Å². The number of aliphatic hydroxyl groups is 1. The highest BCUT2D eigenvalue weighted by molar-refractivity contribution is 5.98. The summed E-state index contributed by atoms with van der Waals surface area (Å²) in [6.45, 7) is 7.07. The van der Waals surface area contributed by atoms with Crippen LogP contribution in [0.15, 0.2) is 42.9 Å². The Kier molecular flexibility index (Phi) is 7.41. The molecular formula is C27H29F3N6O2. The number of carbonyl (C=O) groups is 1. The van der Waals surface area contributed by atoms with Crippen molar-refractivity contribution in [3.63, 3.8) is 0 Å². The number of hydrogen-bond acceptors (Lipinski definition) is 7. The van der Waals surface area contributed by atoms with Crippen LogP contribution in [-0.4, -0.2) is 60.8 Å². The Labute approximate surface area is 218 Å². The number of Topliss-reactive ketones (excluding diaryl/α,β-unsaturated/α-hetero) is 1. The number of pyridine rings is 2. The Bertz CT molecular complexity index is 1330. The van der Waals surface area contributed by atoms with E-state index in [-0.39, 0.29) is 18.0 Å². The predicted octanol–water partition coefficient (Wildman–Crippen LogP) is 4.04. The fourth-order valence-electron chi connectivity index (χ4n) is 4.75. The van der Waals surface area contributed by atoms with E-state index in [0.717, 1.165) is 12.3 Å². The lowest BCUT2D eigenvalue weighted by Gasteiger charge is -2.39. The second-order valence-corrected chi connectivity index (χ2v) is 10.4. The molecule has 0 spiro atoms. The van der Waals surface area contributed by atoms with Gasteiger partial charge in [-0.25, -0.2) is 9.67 Å². The molecule has 0 aliphatic carbocycles. The molecule has 3 aromatic rings. The summed E-state index contributed by atoms with van der Waals surface area (Å²) in [5.74, 6) is -0.0406. The van der Waals surface area contributed by atoms with Crippen LogP contribution >= 0.6 is 0 Å². The maximum absolute atomic E-state index is 13.0. The maximum Gasteiger partial charge on any atom is 0.417 e. The van der Waals surface area contributed by atoms with Crippen LogP contribution in [0.5, 0.6) is 0 Å². The molecule has 1 aliphatic rings. The third-order valence-electron chi connectivity index (χ3n) is 6.82. The minimum absolute atomic E-state index is 0.0547. The van der Waals surface area contributed by atoms with Crippen molar-refractivity contribution < 1.29 is 23.1 Å². The van der Waals surface area contributed by atoms with Gasteiger partial charge in [-0.05, 0) is 57.4 Å². The molecule has 4 rings (SSSR count). The maximum atomic E-state index is 13.0. The molecule has 0 amide bonds. The molecule has 1 aliphatic heterocycles. The van der Waals surface area contributed by atoms with Gasteiger partial charge in [-0.15, -0.1) is 0 Å². The Morgan fingerprint density at radius 3 is 2.34 bits per heavy atom. The van der Waals surface area contributed by atoms with Gasteiger partial charge in [0.15, 0.2) is 11.6 Å². The van der Waals surface area contributed by atoms with E-state index in [2.05, 4.69) is 26.0 Å². The van der Waals surface area contributed by atoms with Crippen molar-refractivity contribution in [3.8, 4) is 11.9 Å². The fourth-order valence-corrected chi connectivity index (χ4v) is 4.75. The molecule has 3 aromatic heterocycles. The predicted molar refractivity (Wildman–Crippen MR) is 133 cm³/mol. The largest absolute Gasteiger partial charge is 0.417 e. The third-order valence-corrected chi connectivity index (χ3v) is 6.82. The van der Waals surface area contributed by atoms with Crippen molar-refractivity contribution >= 4 is 5.78 Å². The van der Waals surface area contributed by atoms with Gasteiger partial charge in [0.05, 0.1) is 40.4 Å². The van der Waals surface area contributed by atoms with Gasteiger partial charge in [-0.3, -0.25) is 9.78 Å². The Morgan fingerprint density at radius 1 is 1.11 bits per heavy atom. The van der Waals surface area contributed by atoms with Crippen LogP contribution in [0.4, 0.5) is 13.2 Å². The van der Waals surface area contributed by atoms with E-state index in [1.807, 2.05) is 0 Å². The molecule has 8 nitrogen and oxygen atoms in total. The van der Waals surface area contributed by atoms with Crippen LogP contribution in [0.25, 0.3) is 5.82 Å². The van der Waals surface area contributed by atoms with Crippen molar-refractivity contribution in [3.05, 3.63) is 70.9 Å². The summed E-state index contributed by atoms with van der Waals surface area (Å²) >= 11 is 0. The van der Waals surface area contributed by atoms with E-state index in [1.54, 1.807) is 39.1 Å². The van der Waals surface area contributed by atoms with E-state index < -0.39 is 22.8 Å². The molecule has 38 heavy (non-hydrogen) atoms. The molecule has 1 saturated heterocycles. The highest BCUT2D eigenvalue weighted by atomic mass is 19.4. The summed E-state index contributed by atoms with van der Waals surface area (Å²) in [6.07, 6.45) is 0.479. The number of ketones is 1. The highest BCUT2D eigenvalue weighted by Gasteiger charge is 2.38. The lowest BCUT2D eigenvalue weighted by Crippen LogP contribution is -2.47. The molecule has 0 radical (unpaired) electrons. The van der Waals surface area contributed by atoms with Crippen LogP contribution in [0, 0.1) is 18.3 Å². The number of alkyl halides is 3. The molecule has 200 valence electrons. The van der Waals surface area contributed by atoms with E-state index in [0.29, 0.717) is 55.0 Å². The van der Waals surface area contributed by atoms with Gasteiger partial charge in [0.1, 0.15) is 5.41 Å². The van der Waals surface area contributed by atoms with E-state index in [9.17, 15) is 28.3 Å². The number of halogens is 3. The Balaban J connectivity index is 1.43. The summed E-state index contributed by atoms with van der Waals surface area (Å²) in [6, 6.07) is 8.15. The molecule has 11 heteroatoms. The first-order valence-electron chi connectivity index (χ1n) is 12.2. The van der Waals surface area contributed by atoms with Gasteiger partial charge in [0.25, 0.3) is 0 Å². The highest BCUT2D eigenvalue weighted by Crippen LogP contribution is 2.34. The molecule has 0 saturated carbocycles. The van der Waals surface area contributed by atoms with Crippen molar-refractivity contribution in [2.24, 2.45) is 0 Å². The molecular weight excluding hydrogens is 497 g/mol. The standard InChI is InChI=1S/C27H29F3N6O2/c1-18-21(15-34-36(18)24-7-5-20(14-33-24)27(28,29)30)22(37)12-19-4-6-23(32-13-19)26(16-31)8-10-35(11-9-26)17-25(2,3)38/h4-7,13-15,38H,8-12,17H2,1-3H3. The van der Waals surface area contributed by atoms with Crippen LogP contribution < -0.4 is 0 Å². The number of carbonyl (C=O) groups excluding carboxylic acids is 1. The zero-order valence-corrected chi connectivity index (χ0v) is 21.5. The van der Waals surface area contributed by atoms with Gasteiger partial charge in [0.2, 0.25) is 0 Å². The van der Waals surface area contributed by atoms with Crippen molar-refractivity contribution in [2.45, 2.75) is 57.2 Å². The first kappa shape index (κ1) is 27.4. The lowest BCUT2D eigenvalue weighted by molar-refractivity contribution is -0.137. The number of hydrogen-bond donors (Lipinski definition) is 1. The molecule has 0 bridgehead atoms. The average Bonchev–Trinajstić information content (AvgIpc) is 3.25. The first-order chi connectivity index (χ1) is 17.8. The van der Waals surface area contributed by atoms with E-state index in [1.165, 1.54) is 16.9 Å². The van der Waals surface area contributed by atoms with Gasteiger partial charge >= 0.3 is 6.18 Å². The van der Waals surface area contributed by atoms with Crippen LogP contribution in [-0.2, 0) is 18.0 Å². The molecule has 0 aromatic carbocycles. The minimum atomic E-state index is -4.49. The van der Waals surface area contributed by atoms with Crippen molar-refractivity contribution in [2.75, 3.05) is 19.6 Å². The van der Waals surface area contributed by atoms with Crippen LogP contribution in [0.2, 0.25) is 0 Å². The normalized spacial score (nSPS) is 16.3. The second-order valence-electron chi connectivity index (χ2n) is 10.4.